The molecule has 234 valence electrons. The van der Waals surface area contributed by atoms with Gasteiger partial charge in [-0.1, -0.05) is 76.6 Å². The molecule has 2 amide bonds. The Labute approximate surface area is 271 Å². The molecule has 45 heavy (non-hydrogen) atoms. The molecule has 1 aliphatic rings. The first-order valence-electron chi connectivity index (χ1n) is 14.6. The lowest BCUT2D eigenvalue weighted by Gasteiger charge is -2.34. The Balaban J connectivity index is 1.58. The summed E-state index contributed by atoms with van der Waals surface area (Å²) in [4.78, 5) is 29.6. The molecule has 0 saturated heterocycles. The second-order valence-corrected chi connectivity index (χ2v) is 13.2. The highest BCUT2D eigenvalue weighted by atomic mass is 79.9. The van der Waals surface area contributed by atoms with E-state index in [2.05, 4.69) is 21.2 Å². The van der Waals surface area contributed by atoms with E-state index < -0.39 is 28.5 Å². The number of amides is 2. The van der Waals surface area contributed by atoms with Gasteiger partial charge in [0.25, 0.3) is 10.0 Å². The minimum atomic E-state index is -4.22. The molecule has 0 aliphatic carbocycles. The van der Waals surface area contributed by atoms with Crippen LogP contribution < -0.4 is 19.1 Å². The fourth-order valence-corrected chi connectivity index (χ4v) is 6.99. The van der Waals surface area contributed by atoms with Crippen molar-refractivity contribution in [1.82, 2.24) is 10.2 Å². The third kappa shape index (κ3) is 7.84. The lowest BCUT2D eigenvalue weighted by atomic mass is 10.0. The van der Waals surface area contributed by atoms with Gasteiger partial charge in [-0.15, -0.1) is 0 Å². The molecule has 0 unspecified atom stereocenters. The third-order valence-electron chi connectivity index (χ3n) is 7.29. The average molecular weight is 693 g/mol. The van der Waals surface area contributed by atoms with Crippen LogP contribution in [0.15, 0.2) is 112 Å². The van der Waals surface area contributed by atoms with E-state index in [4.69, 9.17) is 9.47 Å². The summed E-state index contributed by atoms with van der Waals surface area (Å²) in [7, 11) is -4.22. The quantitative estimate of drug-likeness (QED) is 0.219. The van der Waals surface area contributed by atoms with Crippen LogP contribution in [0.3, 0.4) is 0 Å². The van der Waals surface area contributed by atoms with E-state index in [9.17, 15) is 18.0 Å². The maximum absolute atomic E-state index is 14.5. The van der Waals surface area contributed by atoms with Crippen LogP contribution in [-0.4, -0.2) is 57.5 Å². The molecule has 0 saturated carbocycles. The number of benzene rings is 4. The van der Waals surface area contributed by atoms with Gasteiger partial charge in [-0.2, -0.15) is 0 Å². The van der Waals surface area contributed by atoms with E-state index in [1.165, 1.54) is 17.0 Å². The number of ether oxygens (including phenoxy) is 2. The van der Waals surface area contributed by atoms with Crippen LogP contribution in [0.5, 0.6) is 11.5 Å². The van der Waals surface area contributed by atoms with Crippen molar-refractivity contribution in [2.24, 2.45) is 0 Å². The number of sulfonamides is 1. The molecule has 5 rings (SSSR count). The van der Waals surface area contributed by atoms with Gasteiger partial charge in [0.1, 0.15) is 25.8 Å². The molecule has 1 N–H and O–H groups in total. The largest absolute Gasteiger partial charge is 0.486 e. The number of nitrogens with zero attached hydrogens (tertiary/aromatic N) is 2. The molecule has 4 aromatic carbocycles. The maximum atomic E-state index is 14.5. The molecule has 9 nitrogen and oxygen atoms in total. The lowest BCUT2D eigenvalue weighted by molar-refractivity contribution is -0.140. The number of hydrogen-bond donors (Lipinski definition) is 1. The van der Waals surface area contributed by atoms with Crippen molar-refractivity contribution in [2.45, 2.75) is 30.8 Å². The molecule has 1 aliphatic heterocycles. The topological polar surface area (TPSA) is 105 Å². The number of nitrogens with one attached hydrogen (secondary N) is 1. The average Bonchev–Trinajstić information content (AvgIpc) is 3.06. The summed E-state index contributed by atoms with van der Waals surface area (Å²) in [5.41, 5.74) is 1.87. The standard InChI is InChI=1S/C34H34BrN3O6S/c1-2-36-34(40)30(21-25-10-5-3-6-11-25)37(23-26-12-9-13-27(35)20-26)33(39)24-38(45(41,42)29-14-7-4-8-15-29)28-16-17-31-32(22-28)44-19-18-43-31/h3-17,20,22,30H,2,18-19,21,23-24H2,1H3,(H,36,40)/t30-/m1/s1. The summed E-state index contributed by atoms with van der Waals surface area (Å²) in [5.74, 6) is -0.00314. The van der Waals surface area contributed by atoms with Gasteiger partial charge in [-0.05, 0) is 54.4 Å². The highest BCUT2D eigenvalue weighted by molar-refractivity contribution is 9.10. The van der Waals surface area contributed by atoms with E-state index >= 15 is 0 Å². The Morgan fingerprint density at radius 1 is 0.844 bits per heavy atom. The molecular weight excluding hydrogens is 658 g/mol. The fraction of sp³-hybridized carbons (Fsp3) is 0.235. The van der Waals surface area contributed by atoms with Gasteiger partial charge < -0.3 is 19.7 Å². The summed E-state index contributed by atoms with van der Waals surface area (Å²) >= 11 is 3.49. The van der Waals surface area contributed by atoms with E-state index in [0.29, 0.717) is 31.3 Å². The first-order valence-corrected chi connectivity index (χ1v) is 16.8. The molecule has 1 atom stereocenters. The van der Waals surface area contributed by atoms with Crippen molar-refractivity contribution >= 4 is 43.5 Å². The van der Waals surface area contributed by atoms with Crippen LogP contribution in [0.2, 0.25) is 0 Å². The third-order valence-corrected chi connectivity index (χ3v) is 9.57. The predicted molar refractivity (Wildman–Crippen MR) is 176 cm³/mol. The summed E-state index contributed by atoms with van der Waals surface area (Å²) in [5, 5.41) is 2.87. The number of halogens is 1. The molecule has 0 aromatic heterocycles. The molecule has 1 heterocycles. The molecule has 0 bridgehead atoms. The molecule has 0 radical (unpaired) electrons. The zero-order chi connectivity index (χ0) is 31.8. The monoisotopic (exact) mass is 691 g/mol. The van der Waals surface area contributed by atoms with Crippen molar-refractivity contribution in [3.8, 4) is 11.5 Å². The Bertz CT molecular complexity index is 1740. The minimum Gasteiger partial charge on any atom is -0.486 e. The van der Waals surface area contributed by atoms with E-state index in [-0.39, 0.29) is 29.5 Å². The predicted octanol–water partition coefficient (Wildman–Crippen LogP) is 5.19. The number of likely N-dealkylation sites (N-methyl/N-ethyl adjacent to an activating group) is 1. The van der Waals surface area contributed by atoms with Gasteiger partial charge in [0.05, 0.1) is 10.6 Å². The highest BCUT2D eigenvalue weighted by Crippen LogP contribution is 2.36. The summed E-state index contributed by atoms with van der Waals surface area (Å²) < 4.78 is 41.6. The van der Waals surface area contributed by atoms with Crippen LogP contribution in [0.4, 0.5) is 5.69 Å². The van der Waals surface area contributed by atoms with Gasteiger partial charge in [-0.25, -0.2) is 8.42 Å². The van der Waals surface area contributed by atoms with Gasteiger partial charge in [0.2, 0.25) is 11.8 Å². The zero-order valence-corrected chi connectivity index (χ0v) is 27.2. The molecular formula is C34H34BrN3O6S. The number of hydrogen-bond acceptors (Lipinski definition) is 6. The zero-order valence-electron chi connectivity index (χ0n) is 24.8. The number of anilines is 1. The van der Waals surface area contributed by atoms with Crippen molar-refractivity contribution in [3.05, 3.63) is 119 Å². The van der Waals surface area contributed by atoms with Crippen LogP contribution in [0.25, 0.3) is 0 Å². The van der Waals surface area contributed by atoms with Gasteiger partial charge in [0, 0.05) is 30.0 Å². The number of carbonyl (C=O) groups is 2. The SMILES string of the molecule is CCNC(=O)[C@@H](Cc1ccccc1)N(Cc1cccc(Br)c1)C(=O)CN(c1ccc2c(c1)OCCO2)S(=O)(=O)c1ccccc1. The van der Waals surface area contributed by atoms with E-state index in [1.807, 2.05) is 61.5 Å². The second kappa shape index (κ2) is 14.6. The first-order chi connectivity index (χ1) is 21.8. The fourth-order valence-electron chi connectivity index (χ4n) is 5.11. The van der Waals surface area contributed by atoms with Crippen LogP contribution >= 0.6 is 15.9 Å². The summed E-state index contributed by atoms with van der Waals surface area (Å²) in [6.07, 6.45) is 0.238. The Morgan fingerprint density at radius 3 is 2.20 bits per heavy atom. The second-order valence-electron chi connectivity index (χ2n) is 10.4. The van der Waals surface area contributed by atoms with Crippen molar-refractivity contribution in [1.29, 1.82) is 0 Å². The van der Waals surface area contributed by atoms with E-state index in [1.54, 1.807) is 36.4 Å². The number of carbonyl (C=O) groups excluding carboxylic acids is 2. The van der Waals surface area contributed by atoms with Crippen LogP contribution in [-0.2, 0) is 32.6 Å². The van der Waals surface area contributed by atoms with Crippen LogP contribution in [0, 0.1) is 0 Å². The van der Waals surface area contributed by atoms with Gasteiger partial charge >= 0.3 is 0 Å². The summed E-state index contributed by atoms with van der Waals surface area (Å²) in [6, 6.07) is 28.7. The minimum absolute atomic E-state index is 0.0239. The van der Waals surface area contributed by atoms with Crippen molar-refractivity contribution < 1.29 is 27.5 Å². The lowest BCUT2D eigenvalue weighted by Crippen LogP contribution is -2.53. The smallest absolute Gasteiger partial charge is 0.264 e. The Kier molecular flexibility index (Phi) is 10.4. The number of rotatable bonds is 12. The number of fused-ring (bicyclic) bond motifs is 1. The van der Waals surface area contributed by atoms with Gasteiger partial charge in [-0.3, -0.25) is 13.9 Å². The molecule has 0 spiro atoms. The Hall–Kier alpha value is -4.35. The normalized spacial score (nSPS) is 13.0. The summed E-state index contributed by atoms with van der Waals surface area (Å²) in [6.45, 7) is 2.39. The van der Waals surface area contributed by atoms with E-state index in [0.717, 1.165) is 19.9 Å². The van der Waals surface area contributed by atoms with Crippen molar-refractivity contribution in [3.63, 3.8) is 0 Å². The highest BCUT2D eigenvalue weighted by Gasteiger charge is 2.35. The molecule has 4 aromatic rings. The Morgan fingerprint density at radius 2 is 1.51 bits per heavy atom. The first kappa shape index (κ1) is 32.1. The van der Waals surface area contributed by atoms with Crippen molar-refractivity contribution in [2.75, 3.05) is 30.6 Å². The maximum Gasteiger partial charge on any atom is 0.264 e. The van der Waals surface area contributed by atoms with Crippen LogP contribution in [0.1, 0.15) is 18.1 Å². The molecule has 0 fully saturated rings. The molecule has 11 heteroatoms. The van der Waals surface area contributed by atoms with Gasteiger partial charge in [0.15, 0.2) is 11.5 Å².